The highest BCUT2D eigenvalue weighted by Gasteiger charge is 2.26. The number of hydrogen-bond acceptors (Lipinski definition) is 4. The van der Waals surface area contributed by atoms with Gasteiger partial charge in [0.25, 0.3) is 0 Å². The summed E-state index contributed by atoms with van der Waals surface area (Å²) in [5.74, 6) is 0. The standard InChI is InChI=1S/C20H23N3O2S/c1-16-14-18-8-5-9-19(20(18)22-15-16)26(24,25)23(13-11-21)12-10-17-6-3-2-4-7-17/h2-9,14-15H,10-13,21H2,1H3. The summed E-state index contributed by atoms with van der Waals surface area (Å²) in [5, 5.41) is 0.821. The van der Waals surface area contributed by atoms with Crippen LogP contribution < -0.4 is 5.73 Å². The Morgan fingerprint density at radius 3 is 2.54 bits per heavy atom. The van der Waals surface area contributed by atoms with Crippen molar-refractivity contribution in [2.24, 2.45) is 5.73 Å². The lowest BCUT2D eigenvalue weighted by molar-refractivity contribution is 0.422. The van der Waals surface area contributed by atoms with Crippen molar-refractivity contribution in [3.05, 3.63) is 71.9 Å². The molecule has 1 heterocycles. The van der Waals surface area contributed by atoms with E-state index in [0.29, 0.717) is 18.5 Å². The van der Waals surface area contributed by atoms with Crippen molar-refractivity contribution in [3.8, 4) is 0 Å². The molecule has 0 fully saturated rings. The Bertz CT molecular complexity index is 988. The van der Waals surface area contributed by atoms with Crippen LogP contribution in [0.4, 0.5) is 0 Å². The molecule has 0 saturated heterocycles. The second-order valence-corrected chi connectivity index (χ2v) is 8.18. The number of aryl methyl sites for hydroxylation is 1. The Labute approximate surface area is 154 Å². The lowest BCUT2D eigenvalue weighted by Crippen LogP contribution is -2.37. The lowest BCUT2D eigenvalue weighted by Gasteiger charge is -2.22. The smallest absolute Gasteiger partial charge is 0.245 e. The van der Waals surface area contributed by atoms with Gasteiger partial charge in [-0.05, 0) is 36.6 Å². The Morgan fingerprint density at radius 2 is 1.81 bits per heavy atom. The summed E-state index contributed by atoms with van der Waals surface area (Å²) in [7, 11) is -3.68. The molecule has 0 aliphatic heterocycles. The molecule has 0 aliphatic carbocycles. The summed E-state index contributed by atoms with van der Waals surface area (Å²) in [6, 6.07) is 17.0. The van der Waals surface area contributed by atoms with Crippen LogP contribution in [0.25, 0.3) is 10.9 Å². The van der Waals surface area contributed by atoms with Gasteiger partial charge < -0.3 is 5.73 Å². The van der Waals surface area contributed by atoms with Crippen molar-refractivity contribution in [1.82, 2.24) is 9.29 Å². The van der Waals surface area contributed by atoms with E-state index in [0.717, 1.165) is 16.5 Å². The minimum absolute atomic E-state index is 0.233. The Hall–Kier alpha value is -2.28. The van der Waals surface area contributed by atoms with Gasteiger partial charge in [-0.15, -0.1) is 0 Å². The topological polar surface area (TPSA) is 76.3 Å². The van der Waals surface area contributed by atoms with Crippen LogP contribution in [0.1, 0.15) is 11.1 Å². The predicted octanol–water partition coefficient (Wildman–Crippen LogP) is 2.74. The van der Waals surface area contributed by atoms with Gasteiger partial charge in [-0.25, -0.2) is 8.42 Å². The Morgan fingerprint density at radius 1 is 1.04 bits per heavy atom. The van der Waals surface area contributed by atoms with Gasteiger partial charge in [-0.1, -0.05) is 42.5 Å². The fourth-order valence-electron chi connectivity index (χ4n) is 2.98. The van der Waals surface area contributed by atoms with E-state index < -0.39 is 10.0 Å². The van der Waals surface area contributed by atoms with Crippen LogP contribution in [0.15, 0.2) is 65.7 Å². The van der Waals surface area contributed by atoms with Crippen molar-refractivity contribution in [3.63, 3.8) is 0 Å². The van der Waals surface area contributed by atoms with E-state index in [2.05, 4.69) is 4.98 Å². The van der Waals surface area contributed by atoms with Crippen molar-refractivity contribution in [1.29, 1.82) is 0 Å². The minimum atomic E-state index is -3.68. The zero-order valence-electron chi connectivity index (χ0n) is 14.8. The van der Waals surface area contributed by atoms with E-state index in [9.17, 15) is 8.42 Å². The molecule has 2 aromatic carbocycles. The molecule has 0 spiro atoms. The van der Waals surface area contributed by atoms with Gasteiger partial charge in [-0.3, -0.25) is 4.98 Å². The largest absolute Gasteiger partial charge is 0.329 e. The summed E-state index contributed by atoms with van der Waals surface area (Å²) in [6.07, 6.45) is 2.33. The van der Waals surface area contributed by atoms with E-state index in [1.54, 1.807) is 18.3 Å². The molecule has 0 bridgehead atoms. The van der Waals surface area contributed by atoms with Crippen LogP contribution in [0.2, 0.25) is 0 Å². The van der Waals surface area contributed by atoms with E-state index in [1.807, 2.05) is 49.4 Å². The molecule has 5 nitrogen and oxygen atoms in total. The number of sulfonamides is 1. The molecule has 26 heavy (non-hydrogen) atoms. The van der Waals surface area contributed by atoms with Crippen molar-refractivity contribution < 1.29 is 8.42 Å². The number of aromatic nitrogens is 1. The predicted molar refractivity (Wildman–Crippen MR) is 104 cm³/mol. The SMILES string of the molecule is Cc1cnc2c(S(=O)(=O)N(CCN)CCc3ccccc3)cccc2c1. The van der Waals surface area contributed by atoms with Gasteiger partial charge >= 0.3 is 0 Å². The monoisotopic (exact) mass is 369 g/mol. The fourth-order valence-corrected chi connectivity index (χ4v) is 4.61. The number of benzene rings is 2. The molecule has 0 atom stereocenters. The summed E-state index contributed by atoms with van der Waals surface area (Å²) in [4.78, 5) is 4.60. The molecule has 6 heteroatoms. The third-order valence-corrected chi connectivity index (χ3v) is 6.23. The third kappa shape index (κ3) is 3.93. The summed E-state index contributed by atoms with van der Waals surface area (Å²) in [5.41, 5.74) is 8.27. The van der Waals surface area contributed by atoms with Crippen molar-refractivity contribution in [2.75, 3.05) is 19.6 Å². The first-order chi connectivity index (χ1) is 12.5. The number of fused-ring (bicyclic) bond motifs is 1. The number of hydrogen-bond donors (Lipinski definition) is 1. The number of pyridine rings is 1. The van der Waals surface area contributed by atoms with Crippen LogP contribution in [0.5, 0.6) is 0 Å². The molecule has 0 radical (unpaired) electrons. The number of para-hydroxylation sites is 1. The highest BCUT2D eigenvalue weighted by Crippen LogP contribution is 2.25. The van der Waals surface area contributed by atoms with E-state index in [1.165, 1.54) is 4.31 Å². The van der Waals surface area contributed by atoms with Gasteiger partial charge in [0.2, 0.25) is 10.0 Å². The first-order valence-corrected chi connectivity index (χ1v) is 10.1. The van der Waals surface area contributed by atoms with Gasteiger partial charge in [0.05, 0.1) is 5.52 Å². The molecular formula is C20H23N3O2S. The molecule has 0 aliphatic rings. The van der Waals surface area contributed by atoms with Crippen LogP contribution in [0, 0.1) is 6.92 Å². The zero-order valence-corrected chi connectivity index (χ0v) is 15.6. The Balaban J connectivity index is 1.95. The highest BCUT2D eigenvalue weighted by atomic mass is 32.2. The first kappa shape index (κ1) is 18.5. The number of nitrogens with zero attached hydrogens (tertiary/aromatic N) is 2. The number of rotatable bonds is 7. The summed E-state index contributed by atoms with van der Waals surface area (Å²) in [6.45, 7) is 2.86. The summed E-state index contributed by atoms with van der Waals surface area (Å²) < 4.78 is 28.0. The van der Waals surface area contributed by atoms with Crippen LogP contribution in [-0.4, -0.2) is 37.3 Å². The molecule has 2 N–H and O–H groups in total. The highest BCUT2D eigenvalue weighted by molar-refractivity contribution is 7.89. The Kier molecular flexibility index (Phi) is 5.66. The van der Waals surface area contributed by atoms with Crippen molar-refractivity contribution >= 4 is 20.9 Å². The maximum absolute atomic E-state index is 13.3. The normalized spacial score (nSPS) is 12.0. The molecular weight excluding hydrogens is 346 g/mol. The second-order valence-electron chi connectivity index (χ2n) is 6.27. The summed E-state index contributed by atoms with van der Waals surface area (Å²) >= 11 is 0. The maximum Gasteiger partial charge on any atom is 0.245 e. The third-order valence-electron chi connectivity index (χ3n) is 4.30. The maximum atomic E-state index is 13.3. The van der Waals surface area contributed by atoms with Gasteiger partial charge in [0.1, 0.15) is 4.90 Å². The van der Waals surface area contributed by atoms with Gasteiger partial charge in [-0.2, -0.15) is 4.31 Å². The molecule has 0 amide bonds. The second kappa shape index (κ2) is 7.95. The average molecular weight is 369 g/mol. The number of nitrogens with two attached hydrogens (primary N) is 1. The van der Waals surface area contributed by atoms with Crippen LogP contribution in [-0.2, 0) is 16.4 Å². The molecule has 0 unspecified atom stereocenters. The average Bonchev–Trinajstić information content (AvgIpc) is 2.65. The van der Waals surface area contributed by atoms with Crippen molar-refractivity contribution in [2.45, 2.75) is 18.2 Å². The van der Waals surface area contributed by atoms with Crippen LogP contribution in [0.3, 0.4) is 0 Å². The van der Waals surface area contributed by atoms with E-state index in [-0.39, 0.29) is 18.0 Å². The lowest BCUT2D eigenvalue weighted by atomic mass is 10.1. The van der Waals surface area contributed by atoms with Gasteiger partial charge in [0, 0.05) is 31.2 Å². The van der Waals surface area contributed by atoms with E-state index in [4.69, 9.17) is 5.73 Å². The molecule has 3 aromatic rings. The van der Waals surface area contributed by atoms with Gasteiger partial charge in [0.15, 0.2) is 0 Å². The fraction of sp³-hybridized carbons (Fsp3) is 0.250. The molecule has 0 saturated carbocycles. The molecule has 1 aromatic heterocycles. The van der Waals surface area contributed by atoms with E-state index >= 15 is 0 Å². The molecule has 3 rings (SSSR count). The zero-order chi connectivity index (χ0) is 18.6. The quantitative estimate of drug-likeness (QED) is 0.695. The molecule has 136 valence electrons. The first-order valence-electron chi connectivity index (χ1n) is 8.62. The minimum Gasteiger partial charge on any atom is -0.329 e. The van der Waals surface area contributed by atoms with Crippen LogP contribution >= 0.6 is 0 Å².